The molecule has 0 aliphatic carbocycles. The lowest BCUT2D eigenvalue weighted by Crippen LogP contribution is -2.07. The highest BCUT2D eigenvalue weighted by Gasteiger charge is 2.15. The Morgan fingerprint density at radius 1 is 1.44 bits per heavy atom. The highest BCUT2D eigenvalue weighted by atomic mass is 32.1. The van der Waals surface area contributed by atoms with Crippen LogP contribution in [0.25, 0.3) is 10.6 Å². The fourth-order valence-corrected chi connectivity index (χ4v) is 2.50. The number of nitrogens with zero attached hydrogens (tertiary/aromatic N) is 2. The minimum Gasteiger partial charge on any atom is -0.466 e. The van der Waals surface area contributed by atoms with Gasteiger partial charge in [0.05, 0.1) is 11.6 Å². The van der Waals surface area contributed by atoms with Crippen LogP contribution < -0.4 is 5.73 Å². The van der Waals surface area contributed by atoms with Crippen molar-refractivity contribution in [2.24, 2.45) is 5.73 Å². The van der Waals surface area contributed by atoms with Crippen LogP contribution in [0.2, 0.25) is 0 Å². The number of furan rings is 1. The number of rotatable bonds is 3. The smallest absolute Gasteiger partial charge is 0.151 e. The van der Waals surface area contributed by atoms with Gasteiger partial charge in [0.2, 0.25) is 0 Å². The van der Waals surface area contributed by atoms with Crippen molar-refractivity contribution in [2.75, 3.05) is 0 Å². The quantitative estimate of drug-likeness (QED) is 0.891. The van der Waals surface area contributed by atoms with Gasteiger partial charge in [0.15, 0.2) is 5.01 Å². The molecule has 5 heteroatoms. The summed E-state index contributed by atoms with van der Waals surface area (Å²) in [5.41, 5.74) is 6.93. The molecule has 0 saturated carbocycles. The Balaban J connectivity index is 2.35. The Bertz CT molecular complexity index is 489. The third-order valence-corrected chi connectivity index (χ3v) is 3.56. The normalized spacial score (nSPS) is 13.0. The molecule has 2 rings (SSSR count). The van der Waals surface area contributed by atoms with Crippen molar-refractivity contribution in [3.63, 3.8) is 0 Å². The van der Waals surface area contributed by atoms with E-state index in [1.165, 1.54) is 11.3 Å². The standard InChI is InChI=1S/C11H15N3OS/c1-4-9(12)11-14-13-10(16-11)8-5-6(2)15-7(8)3/h5,9H,4,12H2,1-3H3. The molecular formula is C11H15N3OS. The molecule has 0 amide bonds. The third-order valence-electron chi connectivity index (χ3n) is 2.47. The second kappa shape index (κ2) is 4.35. The molecule has 2 N–H and O–H groups in total. The van der Waals surface area contributed by atoms with Crippen LogP contribution in [-0.4, -0.2) is 10.2 Å². The summed E-state index contributed by atoms with van der Waals surface area (Å²) in [6.07, 6.45) is 0.873. The molecule has 0 radical (unpaired) electrons. The van der Waals surface area contributed by atoms with Gasteiger partial charge in [-0.1, -0.05) is 18.3 Å². The highest BCUT2D eigenvalue weighted by Crippen LogP contribution is 2.31. The van der Waals surface area contributed by atoms with E-state index in [2.05, 4.69) is 10.2 Å². The van der Waals surface area contributed by atoms with Crippen molar-refractivity contribution < 1.29 is 4.42 Å². The van der Waals surface area contributed by atoms with Gasteiger partial charge < -0.3 is 10.2 Å². The van der Waals surface area contributed by atoms with E-state index in [-0.39, 0.29) is 6.04 Å². The second-order valence-corrected chi connectivity index (χ2v) is 4.80. The lowest BCUT2D eigenvalue weighted by Gasteiger charge is -2.00. The van der Waals surface area contributed by atoms with Crippen LogP contribution in [0.5, 0.6) is 0 Å². The van der Waals surface area contributed by atoms with Crippen molar-refractivity contribution in [2.45, 2.75) is 33.2 Å². The molecule has 86 valence electrons. The Morgan fingerprint density at radius 3 is 2.75 bits per heavy atom. The Labute approximate surface area is 98.5 Å². The minimum absolute atomic E-state index is 0.0143. The maximum atomic E-state index is 5.91. The summed E-state index contributed by atoms with van der Waals surface area (Å²) < 4.78 is 5.47. The monoisotopic (exact) mass is 237 g/mol. The predicted octanol–water partition coefficient (Wildman–Crippen LogP) is 2.82. The third kappa shape index (κ3) is 2.01. The van der Waals surface area contributed by atoms with Gasteiger partial charge in [-0.15, -0.1) is 10.2 Å². The zero-order valence-corrected chi connectivity index (χ0v) is 10.5. The zero-order chi connectivity index (χ0) is 11.7. The first-order valence-corrected chi connectivity index (χ1v) is 6.09. The molecule has 0 saturated heterocycles. The Hall–Kier alpha value is -1.20. The number of hydrogen-bond acceptors (Lipinski definition) is 5. The molecule has 0 spiro atoms. The lowest BCUT2D eigenvalue weighted by molar-refractivity contribution is 0.505. The van der Waals surface area contributed by atoms with Gasteiger partial charge in [-0.25, -0.2) is 0 Å². The number of nitrogens with two attached hydrogens (primary N) is 1. The number of aromatic nitrogens is 2. The van der Waals surface area contributed by atoms with E-state index in [1.807, 2.05) is 26.8 Å². The van der Waals surface area contributed by atoms with Gasteiger partial charge in [-0.3, -0.25) is 0 Å². The van der Waals surface area contributed by atoms with Gasteiger partial charge in [0, 0.05) is 0 Å². The topological polar surface area (TPSA) is 64.9 Å². The molecule has 4 nitrogen and oxygen atoms in total. The van der Waals surface area contributed by atoms with Crippen LogP contribution in [0, 0.1) is 13.8 Å². The summed E-state index contributed by atoms with van der Waals surface area (Å²) in [4.78, 5) is 0. The first-order valence-electron chi connectivity index (χ1n) is 5.28. The molecule has 1 atom stereocenters. The maximum absolute atomic E-state index is 5.91. The molecule has 2 heterocycles. The van der Waals surface area contributed by atoms with E-state index in [9.17, 15) is 0 Å². The summed E-state index contributed by atoms with van der Waals surface area (Å²) in [6, 6.07) is 1.97. The largest absolute Gasteiger partial charge is 0.466 e. The van der Waals surface area contributed by atoms with Crippen LogP contribution in [0.3, 0.4) is 0 Å². The molecule has 0 bridgehead atoms. The maximum Gasteiger partial charge on any atom is 0.151 e. The summed E-state index contributed by atoms with van der Waals surface area (Å²) >= 11 is 1.54. The van der Waals surface area contributed by atoms with Gasteiger partial charge in [-0.2, -0.15) is 0 Å². The van der Waals surface area contributed by atoms with Crippen molar-refractivity contribution in [1.82, 2.24) is 10.2 Å². The fourth-order valence-electron chi connectivity index (χ4n) is 1.51. The van der Waals surface area contributed by atoms with E-state index in [1.54, 1.807) is 0 Å². The van der Waals surface area contributed by atoms with E-state index >= 15 is 0 Å². The predicted molar refractivity (Wildman–Crippen MR) is 64.3 cm³/mol. The molecule has 2 aromatic heterocycles. The van der Waals surface area contributed by atoms with Crippen LogP contribution in [0.4, 0.5) is 0 Å². The van der Waals surface area contributed by atoms with E-state index < -0.39 is 0 Å². The van der Waals surface area contributed by atoms with Gasteiger partial charge in [-0.05, 0) is 26.3 Å². The minimum atomic E-state index is -0.0143. The van der Waals surface area contributed by atoms with Gasteiger partial charge in [0.1, 0.15) is 16.5 Å². The average molecular weight is 237 g/mol. The van der Waals surface area contributed by atoms with E-state index in [4.69, 9.17) is 10.2 Å². The van der Waals surface area contributed by atoms with E-state index in [0.29, 0.717) is 0 Å². The van der Waals surface area contributed by atoms with E-state index in [0.717, 1.165) is 33.5 Å². The molecule has 0 aliphatic heterocycles. The summed E-state index contributed by atoms with van der Waals surface area (Å²) in [5.74, 6) is 1.77. The van der Waals surface area contributed by atoms with Crippen molar-refractivity contribution in [3.05, 3.63) is 22.6 Å². The van der Waals surface area contributed by atoms with Crippen molar-refractivity contribution >= 4 is 11.3 Å². The Morgan fingerprint density at radius 2 is 2.19 bits per heavy atom. The molecule has 1 unspecified atom stereocenters. The van der Waals surface area contributed by atoms with Crippen molar-refractivity contribution in [3.8, 4) is 10.6 Å². The van der Waals surface area contributed by atoms with Gasteiger partial charge >= 0.3 is 0 Å². The second-order valence-electron chi connectivity index (χ2n) is 3.79. The average Bonchev–Trinajstić information content (AvgIpc) is 2.83. The van der Waals surface area contributed by atoms with Crippen LogP contribution >= 0.6 is 11.3 Å². The van der Waals surface area contributed by atoms with Crippen LogP contribution in [0.1, 0.15) is 35.9 Å². The molecule has 2 aromatic rings. The molecule has 16 heavy (non-hydrogen) atoms. The van der Waals surface area contributed by atoms with Crippen molar-refractivity contribution in [1.29, 1.82) is 0 Å². The Kier molecular flexibility index (Phi) is 3.07. The molecule has 0 fully saturated rings. The van der Waals surface area contributed by atoms with Crippen LogP contribution in [-0.2, 0) is 0 Å². The first-order chi connectivity index (χ1) is 7.61. The number of hydrogen-bond donors (Lipinski definition) is 1. The fraction of sp³-hybridized carbons (Fsp3) is 0.455. The summed E-state index contributed by atoms with van der Waals surface area (Å²) in [7, 11) is 0. The highest BCUT2D eigenvalue weighted by molar-refractivity contribution is 7.14. The zero-order valence-electron chi connectivity index (χ0n) is 9.65. The molecule has 0 aromatic carbocycles. The number of aryl methyl sites for hydroxylation is 2. The van der Waals surface area contributed by atoms with Gasteiger partial charge in [0.25, 0.3) is 0 Å². The molecule has 0 aliphatic rings. The summed E-state index contributed by atoms with van der Waals surface area (Å²) in [5, 5.41) is 10.0. The lowest BCUT2D eigenvalue weighted by atomic mass is 10.2. The SMILES string of the molecule is CCC(N)c1nnc(-c2cc(C)oc2C)s1. The molecular weight excluding hydrogens is 222 g/mol. The first kappa shape index (κ1) is 11.3. The van der Waals surface area contributed by atoms with Crippen LogP contribution in [0.15, 0.2) is 10.5 Å². The summed E-state index contributed by atoms with van der Waals surface area (Å²) in [6.45, 7) is 5.90.